The molecule has 18 heavy (non-hydrogen) atoms. The zero-order valence-electron chi connectivity index (χ0n) is 11.6. The van der Waals surface area contributed by atoms with Crippen molar-refractivity contribution in [3.8, 4) is 17.2 Å². The quantitative estimate of drug-likeness (QED) is 0.667. The van der Waals surface area contributed by atoms with E-state index in [-0.39, 0.29) is 0 Å². The Kier molecular flexibility index (Phi) is 7.07. The van der Waals surface area contributed by atoms with Crippen molar-refractivity contribution in [3.05, 3.63) is 18.2 Å². The lowest BCUT2D eigenvalue weighted by molar-refractivity contribution is 0.263. The summed E-state index contributed by atoms with van der Waals surface area (Å²) in [5.74, 6) is 2.11. The molecule has 0 aliphatic carbocycles. The molecule has 0 spiro atoms. The first-order valence-electron chi connectivity index (χ1n) is 6.76. The summed E-state index contributed by atoms with van der Waals surface area (Å²) in [6, 6.07) is 6.89. The lowest BCUT2D eigenvalue weighted by Gasteiger charge is -2.13. The lowest BCUT2D eigenvalue weighted by Crippen LogP contribution is -2.02. The van der Waals surface area contributed by atoms with E-state index in [9.17, 15) is 0 Å². The second-order valence-electron chi connectivity index (χ2n) is 4.06. The number of benzene rings is 1. The van der Waals surface area contributed by atoms with Gasteiger partial charge in [-0.15, -0.1) is 0 Å². The van der Waals surface area contributed by atoms with E-state index in [1.807, 2.05) is 12.1 Å². The van der Waals surface area contributed by atoms with Gasteiger partial charge in [0.05, 0.1) is 25.9 Å². The van der Waals surface area contributed by atoms with E-state index in [4.69, 9.17) is 14.2 Å². The highest BCUT2D eigenvalue weighted by molar-refractivity contribution is 5.44. The van der Waals surface area contributed by atoms with Gasteiger partial charge in [-0.1, -0.05) is 20.8 Å². The van der Waals surface area contributed by atoms with Crippen LogP contribution in [0.5, 0.6) is 17.2 Å². The molecule has 0 saturated heterocycles. The Labute approximate surface area is 110 Å². The normalized spacial score (nSPS) is 10.2. The van der Waals surface area contributed by atoms with Crippen LogP contribution in [0.3, 0.4) is 0 Å². The van der Waals surface area contributed by atoms with Crippen LogP contribution in [-0.4, -0.2) is 19.8 Å². The zero-order chi connectivity index (χ0) is 13.2. The summed E-state index contributed by atoms with van der Waals surface area (Å²) in [4.78, 5) is 0. The fourth-order valence-electron chi connectivity index (χ4n) is 1.38. The Balaban J connectivity index is 2.74. The average Bonchev–Trinajstić information content (AvgIpc) is 2.41. The van der Waals surface area contributed by atoms with Crippen molar-refractivity contribution >= 4 is 0 Å². The topological polar surface area (TPSA) is 27.7 Å². The van der Waals surface area contributed by atoms with Gasteiger partial charge in [-0.25, -0.2) is 0 Å². The van der Waals surface area contributed by atoms with E-state index in [2.05, 4.69) is 26.8 Å². The van der Waals surface area contributed by atoms with Crippen LogP contribution in [0.15, 0.2) is 12.1 Å². The predicted molar refractivity (Wildman–Crippen MR) is 72.6 cm³/mol. The van der Waals surface area contributed by atoms with E-state index in [1.54, 1.807) is 0 Å². The molecule has 0 atom stereocenters. The summed E-state index contributed by atoms with van der Waals surface area (Å²) in [6.07, 6.45) is 2.91. The van der Waals surface area contributed by atoms with Gasteiger partial charge in [-0.3, -0.25) is 0 Å². The molecule has 1 radical (unpaired) electrons. The summed E-state index contributed by atoms with van der Waals surface area (Å²) in [7, 11) is 0. The molecule has 0 unspecified atom stereocenters. The van der Waals surface area contributed by atoms with Crippen LogP contribution >= 0.6 is 0 Å². The Morgan fingerprint density at radius 1 is 0.833 bits per heavy atom. The van der Waals surface area contributed by atoms with Gasteiger partial charge >= 0.3 is 0 Å². The minimum Gasteiger partial charge on any atom is -0.493 e. The zero-order valence-corrected chi connectivity index (χ0v) is 11.6. The molecule has 0 bridgehead atoms. The summed E-state index contributed by atoms with van der Waals surface area (Å²) in [6.45, 7) is 8.27. The van der Waals surface area contributed by atoms with E-state index < -0.39 is 0 Å². The monoisotopic (exact) mass is 251 g/mol. The Morgan fingerprint density at radius 3 is 2.11 bits per heavy atom. The largest absolute Gasteiger partial charge is 0.493 e. The van der Waals surface area contributed by atoms with Gasteiger partial charge in [0.2, 0.25) is 0 Å². The first-order chi connectivity index (χ1) is 8.81. The number of hydrogen-bond donors (Lipinski definition) is 0. The number of rotatable bonds is 9. The fourth-order valence-corrected chi connectivity index (χ4v) is 1.38. The summed E-state index contributed by atoms with van der Waals surface area (Å²) in [5.41, 5.74) is 0. The minimum atomic E-state index is 0.652. The van der Waals surface area contributed by atoms with E-state index in [1.165, 1.54) is 0 Å². The molecule has 0 aromatic heterocycles. The van der Waals surface area contributed by atoms with Crippen molar-refractivity contribution < 1.29 is 14.2 Å². The molecular formula is C15H23O3. The SMILES string of the molecule is CCCOc1[c]c(OCCC)c(OCCC)cc1. The van der Waals surface area contributed by atoms with E-state index in [0.29, 0.717) is 31.3 Å². The van der Waals surface area contributed by atoms with Gasteiger partial charge in [0.1, 0.15) is 5.75 Å². The summed E-state index contributed by atoms with van der Waals surface area (Å²) >= 11 is 0. The molecule has 0 saturated carbocycles. The Hall–Kier alpha value is -1.38. The maximum Gasteiger partial charge on any atom is 0.172 e. The molecule has 0 heterocycles. The first kappa shape index (κ1) is 14.7. The molecule has 0 N–H and O–H groups in total. The fraction of sp³-hybridized carbons (Fsp3) is 0.600. The van der Waals surface area contributed by atoms with Gasteiger partial charge < -0.3 is 14.2 Å². The van der Waals surface area contributed by atoms with Crippen molar-refractivity contribution in [1.29, 1.82) is 0 Å². The van der Waals surface area contributed by atoms with E-state index in [0.717, 1.165) is 25.0 Å². The highest BCUT2D eigenvalue weighted by Crippen LogP contribution is 2.31. The third kappa shape index (κ3) is 4.86. The number of ether oxygens (including phenoxy) is 3. The van der Waals surface area contributed by atoms with Gasteiger partial charge in [-0.2, -0.15) is 0 Å². The van der Waals surface area contributed by atoms with Crippen LogP contribution in [0.1, 0.15) is 40.0 Å². The summed E-state index contributed by atoms with van der Waals surface area (Å²) < 4.78 is 16.8. The number of hydrogen-bond acceptors (Lipinski definition) is 3. The molecule has 1 rings (SSSR count). The van der Waals surface area contributed by atoms with Crippen LogP contribution in [0.4, 0.5) is 0 Å². The van der Waals surface area contributed by atoms with Crippen molar-refractivity contribution in [2.75, 3.05) is 19.8 Å². The second kappa shape index (κ2) is 8.67. The van der Waals surface area contributed by atoms with Gasteiger partial charge in [0, 0.05) is 0 Å². The maximum atomic E-state index is 5.64. The van der Waals surface area contributed by atoms with Crippen molar-refractivity contribution in [3.63, 3.8) is 0 Å². The van der Waals surface area contributed by atoms with Crippen molar-refractivity contribution in [2.24, 2.45) is 0 Å². The standard InChI is InChI=1S/C15H23O3/c1-4-9-16-13-7-8-14(17-10-5-2)15(12-13)18-11-6-3/h7-8H,4-6,9-11H2,1-3H3. The summed E-state index contributed by atoms with van der Waals surface area (Å²) in [5, 5.41) is 0. The molecule has 0 fully saturated rings. The molecule has 3 nitrogen and oxygen atoms in total. The molecular weight excluding hydrogens is 228 g/mol. The van der Waals surface area contributed by atoms with Crippen LogP contribution in [0.2, 0.25) is 0 Å². The maximum absolute atomic E-state index is 5.64. The van der Waals surface area contributed by atoms with E-state index >= 15 is 0 Å². The van der Waals surface area contributed by atoms with Crippen molar-refractivity contribution in [2.45, 2.75) is 40.0 Å². The minimum absolute atomic E-state index is 0.652. The molecule has 1 aromatic carbocycles. The molecule has 3 heteroatoms. The van der Waals surface area contributed by atoms with Crippen LogP contribution in [-0.2, 0) is 0 Å². The second-order valence-corrected chi connectivity index (χ2v) is 4.06. The predicted octanol–water partition coefficient (Wildman–Crippen LogP) is 3.85. The third-order valence-electron chi connectivity index (χ3n) is 2.22. The van der Waals surface area contributed by atoms with Gasteiger partial charge in [0.15, 0.2) is 11.5 Å². The van der Waals surface area contributed by atoms with Crippen LogP contribution in [0.25, 0.3) is 0 Å². The first-order valence-corrected chi connectivity index (χ1v) is 6.76. The van der Waals surface area contributed by atoms with Crippen LogP contribution < -0.4 is 14.2 Å². The Bertz CT molecular complexity index is 337. The molecule has 1 aromatic rings. The van der Waals surface area contributed by atoms with Crippen molar-refractivity contribution in [1.82, 2.24) is 0 Å². The molecule has 0 aliphatic heterocycles. The highest BCUT2D eigenvalue weighted by atomic mass is 16.5. The third-order valence-corrected chi connectivity index (χ3v) is 2.22. The lowest BCUT2D eigenvalue weighted by atomic mass is 10.3. The average molecular weight is 251 g/mol. The van der Waals surface area contributed by atoms with Gasteiger partial charge in [-0.05, 0) is 31.4 Å². The highest BCUT2D eigenvalue weighted by Gasteiger charge is 2.08. The molecule has 0 aliphatic rings. The van der Waals surface area contributed by atoms with Crippen LogP contribution in [0, 0.1) is 6.07 Å². The smallest absolute Gasteiger partial charge is 0.172 e. The van der Waals surface area contributed by atoms with Gasteiger partial charge in [0.25, 0.3) is 0 Å². The molecule has 0 amide bonds. The molecule has 101 valence electrons. The Morgan fingerprint density at radius 2 is 1.44 bits per heavy atom.